The number of H-pyrrole nitrogens is 1. The maximum Gasteiger partial charge on any atom is 0.247 e. The predicted molar refractivity (Wildman–Crippen MR) is 56.9 cm³/mol. The van der Waals surface area contributed by atoms with Crippen LogP contribution in [0.2, 0.25) is 0 Å². The van der Waals surface area contributed by atoms with Gasteiger partial charge in [0, 0.05) is 12.3 Å². The van der Waals surface area contributed by atoms with Gasteiger partial charge in [-0.15, -0.1) is 0 Å². The molecule has 0 aromatic carbocycles. The number of hydrogen-bond donors (Lipinski definition) is 1. The van der Waals surface area contributed by atoms with Crippen LogP contribution in [0.25, 0.3) is 0 Å². The highest BCUT2D eigenvalue weighted by molar-refractivity contribution is 4.89. The van der Waals surface area contributed by atoms with Crippen molar-refractivity contribution in [3.05, 3.63) is 34.7 Å². The van der Waals surface area contributed by atoms with Gasteiger partial charge in [-0.3, -0.25) is 4.79 Å². The van der Waals surface area contributed by atoms with E-state index in [1.807, 2.05) is 0 Å². The molecule has 0 radical (unpaired) electrons. The molecule has 0 fully saturated rings. The summed E-state index contributed by atoms with van der Waals surface area (Å²) in [5, 5.41) is 0. The molecule has 0 aliphatic rings. The molecule has 0 aliphatic carbocycles. The van der Waals surface area contributed by atoms with Crippen molar-refractivity contribution in [1.82, 2.24) is 4.98 Å². The lowest BCUT2D eigenvalue weighted by Gasteiger charge is -1.86. The van der Waals surface area contributed by atoms with Crippen molar-refractivity contribution in [1.29, 1.82) is 0 Å². The lowest BCUT2D eigenvalue weighted by atomic mass is 10.2. The summed E-state index contributed by atoms with van der Waals surface area (Å²) >= 11 is 0. The molecule has 1 aromatic heterocycles. The number of unbranched alkanes of at least 4 members (excludes halogenated alkanes) is 3. The van der Waals surface area contributed by atoms with Gasteiger partial charge in [-0.25, -0.2) is 0 Å². The quantitative estimate of drug-likeness (QED) is 0.714. The Kier molecular flexibility index (Phi) is 8.31. The Bertz CT molecular complexity index is 220. The Morgan fingerprint density at radius 2 is 1.77 bits per heavy atom. The van der Waals surface area contributed by atoms with Gasteiger partial charge in [-0.2, -0.15) is 0 Å². The molecule has 0 bridgehead atoms. The average molecular weight is 181 g/mol. The zero-order chi connectivity index (χ0) is 9.94. The first-order valence-corrected chi connectivity index (χ1v) is 4.95. The first-order chi connectivity index (χ1) is 6.31. The van der Waals surface area contributed by atoms with Gasteiger partial charge in [0.1, 0.15) is 0 Å². The van der Waals surface area contributed by atoms with E-state index in [9.17, 15) is 4.79 Å². The monoisotopic (exact) mass is 181 g/mol. The van der Waals surface area contributed by atoms with Crippen LogP contribution in [0.5, 0.6) is 0 Å². The average Bonchev–Trinajstić information content (AvgIpc) is 2.17. The third-order valence-electron chi connectivity index (χ3n) is 1.64. The van der Waals surface area contributed by atoms with Crippen LogP contribution in [-0.2, 0) is 0 Å². The van der Waals surface area contributed by atoms with Crippen molar-refractivity contribution in [2.45, 2.75) is 39.5 Å². The van der Waals surface area contributed by atoms with E-state index in [1.165, 1.54) is 31.7 Å². The fourth-order valence-corrected chi connectivity index (χ4v) is 0.877. The van der Waals surface area contributed by atoms with Crippen LogP contribution in [0.1, 0.15) is 39.5 Å². The Hall–Kier alpha value is -1.05. The summed E-state index contributed by atoms with van der Waals surface area (Å²) in [4.78, 5) is 12.7. The van der Waals surface area contributed by atoms with Crippen molar-refractivity contribution < 1.29 is 0 Å². The standard InChI is InChI=1S/C6H14.C5H5NO/c1-3-5-6-4-2;7-5-3-1-2-4-6-5/h3-6H2,1-2H3;1-4H,(H,6,7). The smallest absolute Gasteiger partial charge is 0.247 e. The SMILES string of the molecule is CCCCCC.O=c1cccc[nH]1. The molecule has 0 atom stereocenters. The van der Waals surface area contributed by atoms with E-state index >= 15 is 0 Å². The second-order valence-corrected chi connectivity index (χ2v) is 2.93. The molecule has 0 saturated heterocycles. The van der Waals surface area contributed by atoms with Crippen molar-refractivity contribution in [3.8, 4) is 0 Å². The van der Waals surface area contributed by atoms with Gasteiger partial charge in [0.25, 0.3) is 0 Å². The zero-order valence-corrected chi connectivity index (χ0v) is 8.55. The van der Waals surface area contributed by atoms with E-state index in [4.69, 9.17) is 0 Å². The zero-order valence-electron chi connectivity index (χ0n) is 8.55. The molecule has 2 nitrogen and oxygen atoms in total. The second-order valence-electron chi connectivity index (χ2n) is 2.93. The molecule has 2 heteroatoms. The van der Waals surface area contributed by atoms with E-state index in [2.05, 4.69) is 18.8 Å². The van der Waals surface area contributed by atoms with E-state index in [0.29, 0.717) is 0 Å². The number of aromatic nitrogens is 1. The maximum atomic E-state index is 10.2. The predicted octanol–water partition coefficient (Wildman–Crippen LogP) is 2.96. The molecule has 74 valence electrons. The summed E-state index contributed by atoms with van der Waals surface area (Å²) in [6, 6.07) is 4.93. The van der Waals surface area contributed by atoms with Crippen molar-refractivity contribution >= 4 is 0 Å². The summed E-state index contributed by atoms with van der Waals surface area (Å²) in [7, 11) is 0. The van der Waals surface area contributed by atoms with Crippen LogP contribution in [0, 0.1) is 0 Å². The van der Waals surface area contributed by atoms with Gasteiger partial charge in [-0.05, 0) is 6.07 Å². The normalized spacial score (nSPS) is 8.77. The highest BCUT2D eigenvalue weighted by Crippen LogP contribution is 1.95. The van der Waals surface area contributed by atoms with E-state index in [0.717, 1.165) is 0 Å². The van der Waals surface area contributed by atoms with Gasteiger partial charge in [0.2, 0.25) is 5.56 Å². The summed E-state index contributed by atoms with van der Waals surface area (Å²) < 4.78 is 0. The molecule has 0 unspecified atom stereocenters. The highest BCUT2D eigenvalue weighted by Gasteiger charge is 1.75. The minimum atomic E-state index is -0.0532. The Morgan fingerprint density at radius 3 is 2.00 bits per heavy atom. The number of aromatic amines is 1. The lowest BCUT2D eigenvalue weighted by Crippen LogP contribution is -1.98. The number of rotatable bonds is 3. The summed E-state index contributed by atoms with van der Waals surface area (Å²) in [5.74, 6) is 0. The van der Waals surface area contributed by atoms with Crippen LogP contribution in [0.4, 0.5) is 0 Å². The van der Waals surface area contributed by atoms with E-state index in [-0.39, 0.29) is 5.56 Å². The molecule has 13 heavy (non-hydrogen) atoms. The topological polar surface area (TPSA) is 32.9 Å². The number of hydrogen-bond acceptors (Lipinski definition) is 1. The minimum Gasteiger partial charge on any atom is -0.329 e. The summed E-state index contributed by atoms with van der Waals surface area (Å²) in [6.07, 6.45) is 7.14. The summed E-state index contributed by atoms with van der Waals surface area (Å²) in [5.41, 5.74) is -0.0532. The largest absolute Gasteiger partial charge is 0.329 e. The molecular formula is C11H19NO. The molecule has 1 aromatic rings. The molecule has 1 heterocycles. The van der Waals surface area contributed by atoms with Crippen LogP contribution >= 0.6 is 0 Å². The third kappa shape index (κ3) is 8.86. The first kappa shape index (κ1) is 11.9. The first-order valence-electron chi connectivity index (χ1n) is 4.95. The van der Waals surface area contributed by atoms with E-state index in [1.54, 1.807) is 18.3 Å². The fourth-order valence-electron chi connectivity index (χ4n) is 0.877. The van der Waals surface area contributed by atoms with Gasteiger partial charge < -0.3 is 4.98 Å². The van der Waals surface area contributed by atoms with Gasteiger partial charge in [0.05, 0.1) is 0 Å². The minimum absolute atomic E-state index is 0.0532. The fraction of sp³-hybridized carbons (Fsp3) is 0.545. The van der Waals surface area contributed by atoms with Crippen LogP contribution < -0.4 is 5.56 Å². The molecule has 0 amide bonds. The summed E-state index contributed by atoms with van der Waals surface area (Å²) in [6.45, 7) is 4.46. The Morgan fingerprint density at radius 1 is 1.15 bits per heavy atom. The molecule has 0 spiro atoms. The Balaban J connectivity index is 0.000000226. The second kappa shape index (κ2) is 9.04. The molecule has 0 aliphatic heterocycles. The Labute approximate surface area is 80.0 Å². The number of nitrogens with one attached hydrogen (secondary N) is 1. The van der Waals surface area contributed by atoms with Gasteiger partial charge >= 0.3 is 0 Å². The van der Waals surface area contributed by atoms with Crippen molar-refractivity contribution in [3.63, 3.8) is 0 Å². The van der Waals surface area contributed by atoms with Crippen LogP contribution in [-0.4, -0.2) is 4.98 Å². The molecule has 1 N–H and O–H groups in total. The highest BCUT2D eigenvalue weighted by atomic mass is 16.1. The molecule has 1 rings (SSSR count). The van der Waals surface area contributed by atoms with Crippen LogP contribution in [0.15, 0.2) is 29.2 Å². The van der Waals surface area contributed by atoms with Crippen LogP contribution in [0.3, 0.4) is 0 Å². The van der Waals surface area contributed by atoms with Crippen molar-refractivity contribution in [2.75, 3.05) is 0 Å². The lowest BCUT2D eigenvalue weighted by molar-refractivity contribution is 0.702. The third-order valence-corrected chi connectivity index (χ3v) is 1.64. The maximum absolute atomic E-state index is 10.2. The van der Waals surface area contributed by atoms with Crippen molar-refractivity contribution in [2.24, 2.45) is 0 Å². The van der Waals surface area contributed by atoms with E-state index < -0.39 is 0 Å². The number of pyridine rings is 1. The van der Waals surface area contributed by atoms with Gasteiger partial charge in [0.15, 0.2) is 0 Å². The molecular weight excluding hydrogens is 162 g/mol. The van der Waals surface area contributed by atoms with Gasteiger partial charge in [-0.1, -0.05) is 45.6 Å². The molecule has 0 saturated carbocycles.